The number of aliphatic imine (C=N–C) groups is 1. The number of alkyl halides is 3. The molecule has 2 aromatic carbocycles. The number of hydrogen-bond donors (Lipinski definition) is 1. The normalized spacial score (nSPS) is 18.0. The van der Waals surface area contributed by atoms with Crippen LogP contribution in [0.2, 0.25) is 0 Å². The van der Waals surface area contributed by atoms with Gasteiger partial charge in [0.05, 0.1) is 11.7 Å². The van der Waals surface area contributed by atoms with Crippen molar-refractivity contribution < 1.29 is 26.7 Å². The number of hydrogen-bond acceptors (Lipinski definition) is 3. The molecule has 1 aliphatic carbocycles. The summed E-state index contributed by atoms with van der Waals surface area (Å²) in [5, 5.41) is 2.24. The number of halogens is 5. The molecule has 0 saturated heterocycles. The molecule has 0 saturated carbocycles. The van der Waals surface area contributed by atoms with Crippen molar-refractivity contribution in [2.45, 2.75) is 18.6 Å². The van der Waals surface area contributed by atoms with Crippen LogP contribution < -0.4 is 10.2 Å². The molecule has 1 amide bonds. The quantitative estimate of drug-likeness (QED) is 0.695. The Morgan fingerprint density at radius 2 is 1.83 bits per heavy atom. The monoisotopic (exact) mass is 419 g/mol. The van der Waals surface area contributed by atoms with E-state index in [0.29, 0.717) is 12.1 Å². The van der Waals surface area contributed by atoms with Gasteiger partial charge in [-0.15, -0.1) is 0 Å². The molecule has 9 heteroatoms. The summed E-state index contributed by atoms with van der Waals surface area (Å²) in [6, 6.07) is 8.04. The standard InChI is InChI=1S/C21H14F5N3O/c22-14-4-3-6-16(18(14)23)27-19(30)12-8-10-13(11-9-12)29-17-7-2-1-5-15(17)28-20(29)21(24,25)26/h1-4,6-11,15H,5H2,(H,27,30). The first kappa shape index (κ1) is 19.8. The van der Waals surface area contributed by atoms with E-state index in [1.807, 2.05) is 0 Å². The number of nitrogens with one attached hydrogen (secondary N) is 1. The van der Waals surface area contributed by atoms with Gasteiger partial charge in [-0.05, 0) is 48.9 Å². The second-order valence-corrected chi connectivity index (χ2v) is 6.66. The van der Waals surface area contributed by atoms with Crippen molar-refractivity contribution in [3.8, 4) is 0 Å². The number of rotatable bonds is 3. The van der Waals surface area contributed by atoms with Gasteiger partial charge >= 0.3 is 6.18 Å². The summed E-state index contributed by atoms with van der Waals surface area (Å²) in [5.41, 5.74) is 0.311. The van der Waals surface area contributed by atoms with E-state index in [4.69, 9.17) is 0 Å². The molecule has 1 aliphatic heterocycles. The molecule has 0 spiro atoms. The van der Waals surface area contributed by atoms with Gasteiger partial charge in [0.2, 0.25) is 5.84 Å². The minimum absolute atomic E-state index is 0.0705. The molecule has 30 heavy (non-hydrogen) atoms. The molecule has 154 valence electrons. The Bertz CT molecular complexity index is 1090. The highest BCUT2D eigenvalue weighted by atomic mass is 19.4. The van der Waals surface area contributed by atoms with E-state index in [1.165, 1.54) is 36.4 Å². The Labute approximate surface area is 168 Å². The molecule has 0 aromatic heterocycles. The molecule has 1 unspecified atom stereocenters. The fourth-order valence-electron chi connectivity index (χ4n) is 3.30. The molecule has 1 atom stereocenters. The second-order valence-electron chi connectivity index (χ2n) is 6.66. The average molecular weight is 419 g/mol. The fourth-order valence-corrected chi connectivity index (χ4v) is 3.30. The maximum atomic E-state index is 13.7. The zero-order valence-corrected chi connectivity index (χ0v) is 15.3. The lowest BCUT2D eigenvalue weighted by molar-refractivity contribution is -0.0596. The van der Waals surface area contributed by atoms with Gasteiger partial charge in [-0.1, -0.05) is 18.2 Å². The topological polar surface area (TPSA) is 44.7 Å². The van der Waals surface area contributed by atoms with Gasteiger partial charge in [0.25, 0.3) is 5.91 Å². The number of carbonyl (C=O) groups is 1. The van der Waals surface area contributed by atoms with E-state index in [1.54, 1.807) is 18.2 Å². The lowest BCUT2D eigenvalue weighted by Gasteiger charge is -2.25. The number of benzene rings is 2. The number of anilines is 2. The van der Waals surface area contributed by atoms with Crippen molar-refractivity contribution in [1.82, 2.24) is 0 Å². The van der Waals surface area contributed by atoms with Crippen LogP contribution in [-0.2, 0) is 0 Å². The Morgan fingerprint density at radius 1 is 1.10 bits per heavy atom. The molecule has 2 aromatic rings. The SMILES string of the molecule is O=C(Nc1cccc(F)c1F)c1ccc(N2C3=CC=CCC3N=C2C(F)(F)F)cc1. The third kappa shape index (κ3) is 3.58. The molecule has 4 rings (SSSR count). The van der Waals surface area contributed by atoms with Crippen molar-refractivity contribution in [3.05, 3.63) is 83.6 Å². The third-order valence-corrected chi connectivity index (χ3v) is 4.69. The van der Waals surface area contributed by atoms with Gasteiger partial charge < -0.3 is 5.32 Å². The molecule has 1 N–H and O–H groups in total. The summed E-state index contributed by atoms with van der Waals surface area (Å²) in [5.74, 6) is -4.06. The van der Waals surface area contributed by atoms with E-state index < -0.39 is 35.6 Å². The van der Waals surface area contributed by atoms with E-state index >= 15 is 0 Å². The Kier molecular flexibility index (Phi) is 4.89. The summed E-state index contributed by atoms with van der Waals surface area (Å²) >= 11 is 0. The van der Waals surface area contributed by atoms with Gasteiger partial charge in [0.1, 0.15) is 0 Å². The number of carbonyl (C=O) groups excluding carboxylic acids is 1. The first-order valence-corrected chi connectivity index (χ1v) is 8.93. The lowest BCUT2D eigenvalue weighted by Crippen LogP contribution is -2.38. The van der Waals surface area contributed by atoms with Crippen molar-refractivity contribution in [2.75, 3.05) is 10.2 Å². The summed E-state index contributed by atoms with van der Waals surface area (Å²) in [6.07, 6.45) is 0.700. The summed E-state index contributed by atoms with van der Waals surface area (Å²) in [7, 11) is 0. The molecular weight excluding hydrogens is 405 g/mol. The molecular formula is C21H14F5N3O. The summed E-state index contributed by atoms with van der Waals surface area (Å²) in [4.78, 5) is 17.2. The van der Waals surface area contributed by atoms with E-state index in [9.17, 15) is 26.7 Å². The summed E-state index contributed by atoms with van der Waals surface area (Å²) < 4.78 is 67.5. The first-order valence-electron chi connectivity index (χ1n) is 8.93. The molecule has 0 fully saturated rings. The second kappa shape index (κ2) is 7.40. The van der Waals surface area contributed by atoms with Crippen LogP contribution in [-0.4, -0.2) is 24.0 Å². The van der Waals surface area contributed by atoms with Crippen LogP contribution in [0, 0.1) is 11.6 Å². The van der Waals surface area contributed by atoms with Gasteiger partial charge in [-0.25, -0.2) is 8.78 Å². The van der Waals surface area contributed by atoms with Gasteiger partial charge in [0.15, 0.2) is 11.6 Å². The number of amides is 1. The van der Waals surface area contributed by atoms with E-state index in [2.05, 4.69) is 10.3 Å². The van der Waals surface area contributed by atoms with Crippen LogP contribution in [0.15, 0.2) is 71.4 Å². The number of allylic oxidation sites excluding steroid dienone is 2. The van der Waals surface area contributed by atoms with Crippen LogP contribution in [0.1, 0.15) is 16.8 Å². The number of nitrogens with zero attached hydrogens (tertiary/aromatic N) is 2. The van der Waals surface area contributed by atoms with E-state index in [0.717, 1.165) is 11.0 Å². The minimum Gasteiger partial charge on any atom is -0.319 e. The van der Waals surface area contributed by atoms with Crippen molar-refractivity contribution in [2.24, 2.45) is 4.99 Å². The van der Waals surface area contributed by atoms with Crippen LogP contribution in [0.25, 0.3) is 0 Å². The zero-order chi connectivity index (χ0) is 21.5. The highest BCUT2D eigenvalue weighted by Gasteiger charge is 2.47. The molecule has 1 heterocycles. The molecule has 4 nitrogen and oxygen atoms in total. The average Bonchev–Trinajstić information content (AvgIpc) is 3.12. The number of amidine groups is 1. The van der Waals surface area contributed by atoms with Gasteiger partial charge in [0, 0.05) is 16.9 Å². The predicted molar refractivity (Wildman–Crippen MR) is 102 cm³/mol. The van der Waals surface area contributed by atoms with Crippen LogP contribution >= 0.6 is 0 Å². The number of fused-ring (bicyclic) bond motifs is 1. The van der Waals surface area contributed by atoms with Crippen LogP contribution in [0.5, 0.6) is 0 Å². The fraction of sp³-hybridized carbons (Fsp3) is 0.143. The van der Waals surface area contributed by atoms with Gasteiger partial charge in [-0.2, -0.15) is 13.2 Å². The zero-order valence-electron chi connectivity index (χ0n) is 15.3. The maximum Gasteiger partial charge on any atom is 0.449 e. The maximum absolute atomic E-state index is 13.7. The smallest absolute Gasteiger partial charge is 0.319 e. The van der Waals surface area contributed by atoms with Crippen molar-refractivity contribution in [3.63, 3.8) is 0 Å². The Balaban J connectivity index is 1.60. The predicted octanol–water partition coefficient (Wildman–Crippen LogP) is 5.21. The highest BCUT2D eigenvalue weighted by molar-refractivity contribution is 6.08. The molecule has 0 radical (unpaired) electrons. The Morgan fingerprint density at radius 3 is 2.53 bits per heavy atom. The van der Waals surface area contributed by atoms with Crippen molar-refractivity contribution >= 4 is 23.1 Å². The molecule has 0 bridgehead atoms. The van der Waals surface area contributed by atoms with Crippen molar-refractivity contribution in [1.29, 1.82) is 0 Å². The van der Waals surface area contributed by atoms with Gasteiger partial charge in [-0.3, -0.25) is 14.7 Å². The molecule has 2 aliphatic rings. The largest absolute Gasteiger partial charge is 0.449 e. The first-order chi connectivity index (χ1) is 14.3. The Hall–Kier alpha value is -3.49. The van der Waals surface area contributed by atoms with Crippen LogP contribution in [0.4, 0.5) is 33.3 Å². The van der Waals surface area contributed by atoms with Crippen LogP contribution in [0.3, 0.4) is 0 Å². The summed E-state index contributed by atoms with van der Waals surface area (Å²) in [6.45, 7) is 0. The minimum atomic E-state index is -4.65. The lowest BCUT2D eigenvalue weighted by atomic mass is 10.1. The van der Waals surface area contributed by atoms with E-state index in [-0.39, 0.29) is 16.9 Å². The highest BCUT2D eigenvalue weighted by Crippen LogP contribution is 2.37. The third-order valence-electron chi connectivity index (χ3n) is 4.69.